The smallest absolute Gasteiger partial charge is 0.341 e. The van der Waals surface area contributed by atoms with Crippen LogP contribution in [0.2, 0.25) is 10.0 Å². The zero-order valence-corrected chi connectivity index (χ0v) is 29.8. The minimum atomic E-state index is -1.42. The number of phenolic OH excluding ortho intramolecular Hbond substituents is 2. The van der Waals surface area contributed by atoms with Gasteiger partial charge < -0.3 is 19.7 Å². The molecule has 2 heterocycles. The monoisotopic (exact) mass is 1160 g/mol. The van der Waals surface area contributed by atoms with Crippen LogP contribution in [0.15, 0.2) is 12.1 Å². The van der Waals surface area contributed by atoms with Crippen LogP contribution in [0.25, 0.3) is 0 Å². The number of phenols is 2. The highest BCUT2D eigenvalue weighted by atomic mass is 127. The molecular weight excluding hydrogens is 1150 g/mol. The first kappa shape index (κ1) is 26.1. The number of rotatable bonds is 0. The lowest BCUT2D eigenvalue weighted by Gasteiger charge is -2.38. The van der Waals surface area contributed by atoms with Gasteiger partial charge in [0.05, 0.1) is 41.0 Å². The Kier molecular flexibility index (Phi) is 7.16. The second kappa shape index (κ2) is 9.05. The van der Waals surface area contributed by atoms with Crippen molar-refractivity contribution in [3.05, 3.63) is 65.9 Å². The van der Waals surface area contributed by atoms with Gasteiger partial charge in [-0.05, 0) is 148 Å². The molecule has 13 heteroatoms. The van der Waals surface area contributed by atoms with Gasteiger partial charge in [-0.2, -0.15) is 0 Å². The summed E-state index contributed by atoms with van der Waals surface area (Å²) in [5.74, 6) is 0.192. The van der Waals surface area contributed by atoms with Crippen LogP contribution in [0, 0.1) is 21.4 Å². The Bertz CT molecular complexity index is 1400. The molecule has 2 aliphatic rings. The minimum absolute atomic E-state index is 0.0567. The maximum atomic E-state index is 13.4. The molecule has 0 radical (unpaired) electrons. The number of benzene rings is 3. The van der Waals surface area contributed by atoms with Crippen molar-refractivity contribution in [3.8, 4) is 23.0 Å². The molecule has 0 saturated heterocycles. The number of halogens is 8. The van der Waals surface area contributed by atoms with Gasteiger partial charge in [-0.1, -0.05) is 23.2 Å². The summed E-state index contributed by atoms with van der Waals surface area (Å²) in [6.07, 6.45) is 0. The largest absolute Gasteiger partial charge is 0.506 e. The predicted molar refractivity (Wildman–Crippen MR) is 174 cm³/mol. The van der Waals surface area contributed by atoms with Crippen molar-refractivity contribution in [1.82, 2.24) is 0 Å². The van der Waals surface area contributed by atoms with E-state index in [1.165, 1.54) is 0 Å². The van der Waals surface area contributed by atoms with Crippen molar-refractivity contribution >= 4 is 165 Å². The van der Waals surface area contributed by atoms with Crippen molar-refractivity contribution in [1.29, 1.82) is 0 Å². The maximum absolute atomic E-state index is 13.4. The first-order chi connectivity index (χ1) is 15.4. The maximum Gasteiger partial charge on any atom is 0.341 e. The first-order valence-corrected chi connectivity index (χ1v) is 15.9. The van der Waals surface area contributed by atoms with Crippen LogP contribution in [0.1, 0.15) is 27.0 Å². The van der Waals surface area contributed by atoms with E-state index < -0.39 is 11.6 Å². The van der Waals surface area contributed by atoms with E-state index in [1.54, 1.807) is 12.1 Å². The lowest BCUT2D eigenvalue weighted by atomic mass is 9.77. The molecule has 170 valence electrons. The molecule has 5 rings (SSSR count). The van der Waals surface area contributed by atoms with Gasteiger partial charge in [0.25, 0.3) is 0 Å². The predicted octanol–water partition coefficient (Wildman–Crippen LogP) is 8.60. The van der Waals surface area contributed by atoms with Gasteiger partial charge in [-0.15, -0.1) is 0 Å². The van der Waals surface area contributed by atoms with E-state index >= 15 is 0 Å². The number of aromatic hydroxyl groups is 2. The van der Waals surface area contributed by atoms with E-state index in [2.05, 4.69) is 45.2 Å². The molecule has 3 aromatic carbocycles. The Morgan fingerprint density at radius 3 is 1.73 bits per heavy atom. The quantitative estimate of drug-likeness (QED) is 0.102. The SMILES string of the molecule is O=C1OC2(c3cc(I)c(O)c(I)c3Oc3c2cc(I)c(O)c3I)c2c(I)c(I)c(Cl)c(Cl)c21. The fourth-order valence-electron chi connectivity index (χ4n) is 3.93. The molecule has 0 unspecified atom stereocenters. The lowest BCUT2D eigenvalue weighted by molar-refractivity contribution is 0.0221. The molecule has 0 atom stereocenters. The zero-order valence-electron chi connectivity index (χ0n) is 15.3. The summed E-state index contributed by atoms with van der Waals surface area (Å²) >= 11 is 25.4. The summed E-state index contributed by atoms with van der Waals surface area (Å²) in [6, 6.07) is 3.49. The van der Waals surface area contributed by atoms with Gasteiger partial charge in [0.1, 0.15) is 11.5 Å². The molecule has 0 amide bonds. The third-order valence-corrected chi connectivity index (χ3v) is 13.3. The van der Waals surface area contributed by atoms with Gasteiger partial charge in [-0.25, -0.2) is 4.79 Å². The van der Waals surface area contributed by atoms with Crippen LogP contribution in [-0.4, -0.2) is 16.2 Å². The van der Waals surface area contributed by atoms with E-state index in [1.807, 2.05) is 90.4 Å². The highest BCUT2D eigenvalue weighted by Gasteiger charge is 2.57. The fourth-order valence-corrected chi connectivity index (χ4v) is 9.74. The summed E-state index contributed by atoms with van der Waals surface area (Å²) in [6.45, 7) is 0. The molecule has 0 saturated carbocycles. The van der Waals surface area contributed by atoms with Crippen molar-refractivity contribution in [3.63, 3.8) is 0 Å². The molecule has 0 aliphatic carbocycles. The minimum Gasteiger partial charge on any atom is -0.506 e. The highest BCUT2D eigenvalue weighted by Crippen LogP contribution is 2.62. The number of ether oxygens (including phenoxy) is 2. The number of esters is 1. The Hall–Kier alpha value is 1.49. The number of carbonyl (C=O) groups excluding carboxylic acids is 1. The molecule has 33 heavy (non-hydrogen) atoms. The van der Waals surface area contributed by atoms with Crippen LogP contribution < -0.4 is 4.74 Å². The van der Waals surface area contributed by atoms with Gasteiger partial charge in [0, 0.05) is 12.7 Å². The van der Waals surface area contributed by atoms with Crippen LogP contribution in [-0.2, 0) is 10.3 Å². The lowest BCUT2D eigenvalue weighted by Crippen LogP contribution is -2.35. The Balaban J connectivity index is 2.05. The summed E-state index contributed by atoms with van der Waals surface area (Å²) < 4.78 is 16.0. The Morgan fingerprint density at radius 1 is 0.758 bits per heavy atom. The third kappa shape index (κ3) is 3.57. The van der Waals surface area contributed by atoms with Gasteiger partial charge in [0.15, 0.2) is 17.1 Å². The second-order valence-corrected chi connectivity index (χ2v) is 14.4. The third-order valence-electron chi connectivity index (χ3n) is 5.33. The van der Waals surface area contributed by atoms with E-state index in [-0.39, 0.29) is 27.1 Å². The summed E-state index contributed by atoms with van der Waals surface area (Å²) in [4.78, 5) is 13.4. The molecule has 0 aromatic heterocycles. The average molecular weight is 1160 g/mol. The highest BCUT2D eigenvalue weighted by molar-refractivity contribution is 14.1. The molecule has 0 fully saturated rings. The molecule has 3 aromatic rings. The summed E-state index contributed by atoms with van der Waals surface area (Å²) in [5, 5.41) is 21.7. The second-order valence-electron chi connectivity index (χ2n) is 6.97. The van der Waals surface area contributed by atoms with E-state index in [4.69, 9.17) is 32.7 Å². The molecule has 2 aliphatic heterocycles. The average Bonchev–Trinajstić information content (AvgIpc) is 3.08. The van der Waals surface area contributed by atoms with E-state index in [0.29, 0.717) is 46.0 Å². The first-order valence-electron chi connectivity index (χ1n) is 8.63. The van der Waals surface area contributed by atoms with Crippen molar-refractivity contribution < 1.29 is 24.5 Å². The van der Waals surface area contributed by atoms with Crippen LogP contribution >= 0.6 is 159 Å². The topological polar surface area (TPSA) is 76.0 Å². The van der Waals surface area contributed by atoms with Crippen LogP contribution in [0.4, 0.5) is 0 Å². The van der Waals surface area contributed by atoms with Crippen LogP contribution in [0.3, 0.4) is 0 Å². The summed E-state index contributed by atoms with van der Waals surface area (Å²) in [5.41, 5.74) is 0.450. The zero-order chi connectivity index (χ0) is 24.1. The molecule has 1 spiro atoms. The van der Waals surface area contributed by atoms with Crippen molar-refractivity contribution in [2.75, 3.05) is 0 Å². The van der Waals surface area contributed by atoms with Gasteiger partial charge in [0.2, 0.25) is 0 Å². The Morgan fingerprint density at radius 2 is 1.24 bits per heavy atom. The number of fused-ring (bicyclic) bond motifs is 6. The normalized spacial score (nSPS) is 15.1. The van der Waals surface area contributed by atoms with Crippen molar-refractivity contribution in [2.24, 2.45) is 0 Å². The standard InChI is InChI=1S/C20H4Cl2I6O5/c21-9-7-8(11(25)12(26)10(9)22)20(33-19(7)31)3-1-5(23)15(29)13(27)17(3)32-18-4(20)2-6(24)16(30)14(18)28/h1-2,29-30H. The van der Waals surface area contributed by atoms with E-state index in [0.717, 1.165) is 3.57 Å². The molecular formula is C20H4Cl2I6O5. The van der Waals surface area contributed by atoms with E-state index in [9.17, 15) is 15.0 Å². The number of hydrogen-bond donors (Lipinski definition) is 2. The van der Waals surface area contributed by atoms with Gasteiger partial charge in [-0.3, -0.25) is 0 Å². The number of hydrogen-bond acceptors (Lipinski definition) is 5. The fraction of sp³-hybridized carbons (Fsp3) is 0.0500. The summed E-state index contributed by atoms with van der Waals surface area (Å²) in [7, 11) is 0. The van der Waals surface area contributed by atoms with Gasteiger partial charge >= 0.3 is 5.97 Å². The molecule has 0 bridgehead atoms. The molecule has 2 N–H and O–H groups in total. The number of carbonyl (C=O) groups is 1. The van der Waals surface area contributed by atoms with Crippen LogP contribution in [0.5, 0.6) is 23.0 Å². The Labute approximate surface area is 278 Å². The van der Waals surface area contributed by atoms with Crippen molar-refractivity contribution in [2.45, 2.75) is 5.60 Å². The molecule has 5 nitrogen and oxygen atoms in total.